The number of nitrogens with zero attached hydrogens (tertiary/aromatic N) is 1. The van der Waals surface area contributed by atoms with Crippen molar-refractivity contribution in [1.82, 2.24) is 14.9 Å². The maximum absolute atomic E-state index is 12.2. The fraction of sp³-hybridized carbons (Fsp3) is 0.154. The number of anilines is 1. The Kier molecular flexibility index (Phi) is 3.46. The van der Waals surface area contributed by atoms with Gasteiger partial charge in [-0.05, 0) is 17.7 Å². The Morgan fingerprint density at radius 2 is 1.91 bits per heavy atom. The molecule has 22 heavy (non-hydrogen) atoms. The first kappa shape index (κ1) is 14.7. The molecule has 3 rings (SSSR count). The molecule has 1 aliphatic heterocycles. The van der Waals surface area contributed by atoms with E-state index in [9.17, 15) is 14.4 Å². The highest BCUT2D eigenvalue weighted by Gasteiger charge is 2.31. The van der Waals surface area contributed by atoms with Gasteiger partial charge in [0.05, 0.1) is 11.6 Å². The number of halogens is 2. The number of carbonyl (C=O) groups excluding carboxylic acids is 1. The molecule has 1 aliphatic rings. The van der Waals surface area contributed by atoms with Gasteiger partial charge >= 0.3 is 11.7 Å². The van der Waals surface area contributed by atoms with Crippen LogP contribution in [0.15, 0.2) is 27.8 Å². The Morgan fingerprint density at radius 3 is 2.59 bits per heavy atom. The zero-order chi connectivity index (χ0) is 16.0. The molecule has 114 valence electrons. The number of aromatic amines is 1. The summed E-state index contributed by atoms with van der Waals surface area (Å²) in [5.74, 6) is 0.133. The van der Waals surface area contributed by atoms with Crippen LogP contribution in [0.2, 0.25) is 10.0 Å². The van der Waals surface area contributed by atoms with Crippen LogP contribution in [0.25, 0.3) is 0 Å². The Balaban J connectivity index is 2.29. The first-order valence-electron chi connectivity index (χ1n) is 6.24. The number of aromatic nitrogens is 2. The zero-order valence-electron chi connectivity index (χ0n) is 11.2. The second kappa shape index (κ2) is 5.19. The SMILES string of the molecule is Cn1c2c(c(=O)[nH]c1=O)C(c1ccc(Cl)cc1Cl)NC(=O)N2. The highest BCUT2D eigenvalue weighted by Crippen LogP contribution is 2.33. The minimum absolute atomic E-state index is 0.133. The van der Waals surface area contributed by atoms with Crippen molar-refractivity contribution in [3.05, 3.63) is 60.2 Å². The third-order valence-electron chi connectivity index (χ3n) is 3.43. The Bertz CT molecular complexity index is 903. The van der Waals surface area contributed by atoms with Crippen molar-refractivity contribution >= 4 is 35.1 Å². The summed E-state index contributed by atoms with van der Waals surface area (Å²) in [5.41, 5.74) is -0.509. The van der Waals surface area contributed by atoms with E-state index in [0.717, 1.165) is 4.57 Å². The van der Waals surface area contributed by atoms with Gasteiger partial charge in [-0.15, -0.1) is 0 Å². The first-order chi connectivity index (χ1) is 10.4. The number of rotatable bonds is 1. The number of carbonyl (C=O) groups is 1. The van der Waals surface area contributed by atoms with E-state index < -0.39 is 23.3 Å². The van der Waals surface area contributed by atoms with Gasteiger partial charge < -0.3 is 5.32 Å². The van der Waals surface area contributed by atoms with Crippen LogP contribution in [-0.2, 0) is 7.05 Å². The lowest BCUT2D eigenvalue weighted by Gasteiger charge is -2.28. The van der Waals surface area contributed by atoms with Crippen LogP contribution >= 0.6 is 23.2 Å². The molecule has 1 aromatic carbocycles. The molecule has 2 heterocycles. The van der Waals surface area contributed by atoms with Crippen LogP contribution in [0, 0.1) is 0 Å². The first-order valence-corrected chi connectivity index (χ1v) is 6.99. The highest BCUT2D eigenvalue weighted by atomic mass is 35.5. The van der Waals surface area contributed by atoms with Crippen molar-refractivity contribution in [3.63, 3.8) is 0 Å². The lowest BCUT2D eigenvalue weighted by atomic mass is 9.98. The van der Waals surface area contributed by atoms with E-state index in [4.69, 9.17) is 23.2 Å². The smallest absolute Gasteiger partial charge is 0.327 e. The van der Waals surface area contributed by atoms with Gasteiger partial charge in [0.25, 0.3) is 5.56 Å². The van der Waals surface area contributed by atoms with Crippen LogP contribution < -0.4 is 21.9 Å². The van der Waals surface area contributed by atoms with Crippen LogP contribution in [0.4, 0.5) is 10.6 Å². The van der Waals surface area contributed by atoms with Crippen molar-refractivity contribution < 1.29 is 4.79 Å². The topological polar surface area (TPSA) is 96.0 Å². The van der Waals surface area contributed by atoms with Crippen molar-refractivity contribution in [2.24, 2.45) is 7.05 Å². The normalized spacial score (nSPS) is 16.7. The van der Waals surface area contributed by atoms with Crippen LogP contribution in [0.1, 0.15) is 17.2 Å². The number of fused-ring (bicyclic) bond motifs is 1. The predicted molar refractivity (Wildman–Crippen MR) is 82.8 cm³/mol. The molecule has 0 saturated carbocycles. The van der Waals surface area contributed by atoms with E-state index in [-0.39, 0.29) is 11.4 Å². The molecule has 1 unspecified atom stereocenters. The van der Waals surface area contributed by atoms with Gasteiger partial charge in [0.2, 0.25) is 0 Å². The van der Waals surface area contributed by atoms with E-state index in [0.29, 0.717) is 15.6 Å². The molecule has 3 N–H and O–H groups in total. The van der Waals surface area contributed by atoms with E-state index in [1.54, 1.807) is 12.1 Å². The van der Waals surface area contributed by atoms with Gasteiger partial charge in [-0.25, -0.2) is 9.59 Å². The fourth-order valence-corrected chi connectivity index (χ4v) is 2.89. The third kappa shape index (κ3) is 2.28. The largest absolute Gasteiger partial charge is 0.329 e. The maximum Gasteiger partial charge on any atom is 0.329 e. The van der Waals surface area contributed by atoms with Gasteiger partial charge in [-0.1, -0.05) is 29.3 Å². The molecular formula is C13H10Cl2N4O3. The standard InChI is InChI=1S/C13H10Cl2N4O3/c1-19-10-8(11(20)18-13(19)22)9(16-12(21)17-10)6-3-2-5(14)4-7(6)15/h2-4,9H,1H3,(H2,16,17,21)(H,18,20,22). The average molecular weight is 341 g/mol. The summed E-state index contributed by atoms with van der Waals surface area (Å²) in [5, 5.41) is 5.83. The van der Waals surface area contributed by atoms with E-state index in [1.807, 2.05) is 0 Å². The summed E-state index contributed by atoms with van der Waals surface area (Å²) in [6.45, 7) is 0. The number of amides is 2. The Morgan fingerprint density at radius 1 is 1.18 bits per heavy atom. The molecule has 2 amide bonds. The molecule has 0 spiro atoms. The molecule has 0 aliphatic carbocycles. The second-order valence-electron chi connectivity index (χ2n) is 4.78. The summed E-state index contributed by atoms with van der Waals surface area (Å²) in [7, 11) is 1.45. The summed E-state index contributed by atoms with van der Waals surface area (Å²) in [6.07, 6.45) is 0. The molecule has 1 atom stereocenters. The predicted octanol–water partition coefficient (Wildman–Crippen LogP) is 1.60. The summed E-state index contributed by atoms with van der Waals surface area (Å²) < 4.78 is 1.16. The molecule has 7 nitrogen and oxygen atoms in total. The molecule has 0 fully saturated rings. The zero-order valence-corrected chi connectivity index (χ0v) is 12.7. The van der Waals surface area contributed by atoms with Gasteiger partial charge in [0.15, 0.2) is 0 Å². The maximum atomic E-state index is 12.2. The Labute approximate surface area is 133 Å². The number of nitrogens with one attached hydrogen (secondary N) is 3. The quantitative estimate of drug-likeness (QED) is 0.735. The van der Waals surface area contributed by atoms with E-state index in [1.165, 1.54) is 13.1 Å². The van der Waals surface area contributed by atoms with Crippen LogP contribution in [0.5, 0.6) is 0 Å². The van der Waals surface area contributed by atoms with E-state index >= 15 is 0 Å². The van der Waals surface area contributed by atoms with Crippen LogP contribution in [-0.4, -0.2) is 15.6 Å². The van der Waals surface area contributed by atoms with Gasteiger partial charge in [0, 0.05) is 17.1 Å². The number of benzene rings is 1. The summed E-state index contributed by atoms with van der Waals surface area (Å²) in [4.78, 5) is 37.9. The van der Waals surface area contributed by atoms with E-state index in [2.05, 4.69) is 15.6 Å². The highest BCUT2D eigenvalue weighted by molar-refractivity contribution is 6.35. The number of H-pyrrole nitrogens is 1. The van der Waals surface area contributed by atoms with Gasteiger partial charge in [-0.3, -0.25) is 19.7 Å². The Hall–Kier alpha value is -2.25. The molecule has 0 radical (unpaired) electrons. The van der Waals surface area contributed by atoms with Crippen molar-refractivity contribution in [2.45, 2.75) is 6.04 Å². The minimum atomic E-state index is -0.788. The monoisotopic (exact) mass is 340 g/mol. The van der Waals surface area contributed by atoms with Crippen LogP contribution in [0.3, 0.4) is 0 Å². The molecule has 9 heteroatoms. The van der Waals surface area contributed by atoms with Gasteiger partial charge in [0.1, 0.15) is 5.82 Å². The van der Waals surface area contributed by atoms with Crippen molar-refractivity contribution in [3.8, 4) is 0 Å². The lowest BCUT2D eigenvalue weighted by molar-refractivity contribution is 0.248. The van der Waals surface area contributed by atoms with Crippen molar-refractivity contribution in [2.75, 3.05) is 5.32 Å². The van der Waals surface area contributed by atoms with Crippen molar-refractivity contribution in [1.29, 1.82) is 0 Å². The fourth-order valence-electron chi connectivity index (χ4n) is 2.37. The number of hydrogen-bond donors (Lipinski definition) is 3. The third-order valence-corrected chi connectivity index (χ3v) is 3.99. The number of hydrogen-bond acceptors (Lipinski definition) is 3. The van der Waals surface area contributed by atoms with Gasteiger partial charge in [-0.2, -0.15) is 0 Å². The summed E-state index contributed by atoms with van der Waals surface area (Å²) >= 11 is 12.0. The lowest BCUT2D eigenvalue weighted by Crippen LogP contribution is -2.46. The molecule has 2 aromatic rings. The average Bonchev–Trinajstić information content (AvgIpc) is 2.44. The summed E-state index contributed by atoms with van der Waals surface area (Å²) in [6, 6.07) is 3.41. The second-order valence-corrected chi connectivity index (χ2v) is 5.62. The minimum Gasteiger partial charge on any atom is -0.327 e. The molecule has 1 aromatic heterocycles. The number of urea groups is 1. The molecule has 0 bridgehead atoms. The molecule has 0 saturated heterocycles. The molecular weight excluding hydrogens is 331 g/mol.